The van der Waals surface area contributed by atoms with E-state index in [1.165, 1.54) is 29.5 Å². The maximum Gasteiger partial charge on any atom is 0.245 e. The zero-order valence-corrected chi connectivity index (χ0v) is 16.3. The molecule has 3 aromatic rings. The average Bonchev–Trinajstić information content (AvgIpc) is 3.07. The zero-order chi connectivity index (χ0) is 19.9. The van der Waals surface area contributed by atoms with Crippen molar-refractivity contribution in [1.82, 2.24) is 10.3 Å². The SMILES string of the molecule is O=C(Cc1cccc(F)c1)NCC(=O)Nc1ncc(Cc2cccc(Cl)c2)s1. The van der Waals surface area contributed by atoms with Gasteiger partial charge in [0.15, 0.2) is 5.13 Å². The fraction of sp³-hybridized carbons (Fsp3) is 0.150. The summed E-state index contributed by atoms with van der Waals surface area (Å²) in [7, 11) is 0. The Labute approximate surface area is 170 Å². The summed E-state index contributed by atoms with van der Waals surface area (Å²) in [6.07, 6.45) is 2.37. The van der Waals surface area contributed by atoms with Gasteiger partial charge in [-0.15, -0.1) is 11.3 Å². The monoisotopic (exact) mass is 417 g/mol. The fourth-order valence-electron chi connectivity index (χ4n) is 2.53. The average molecular weight is 418 g/mol. The first-order valence-corrected chi connectivity index (χ1v) is 9.67. The van der Waals surface area contributed by atoms with Crippen molar-refractivity contribution in [2.75, 3.05) is 11.9 Å². The third-order valence-electron chi connectivity index (χ3n) is 3.77. The maximum absolute atomic E-state index is 13.1. The number of halogens is 2. The van der Waals surface area contributed by atoms with E-state index in [1.807, 2.05) is 24.3 Å². The van der Waals surface area contributed by atoms with Gasteiger partial charge in [0.2, 0.25) is 11.8 Å². The van der Waals surface area contributed by atoms with E-state index in [9.17, 15) is 14.0 Å². The van der Waals surface area contributed by atoms with Crippen molar-refractivity contribution in [2.45, 2.75) is 12.8 Å². The summed E-state index contributed by atoms with van der Waals surface area (Å²) in [5, 5.41) is 6.30. The van der Waals surface area contributed by atoms with Gasteiger partial charge in [0, 0.05) is 22.5 Å². The van der Waals surface area contributed by atoms with E-state index in [0.717, 1.165) is 10.4 Å². The number of hydrogen-bond acceptors (Lipinski definition) is 4. The van der Waals surface area contributed by atoms with E-state index in [4.69, 9.17) is 11.6 Å². The minimum absolute atomic E-state index is 0.00603. The normalized spacial score (nSPS) is 10.5. The zero-order valence-electron chi connectivity index (χ0n) is 14.7. The molecule has 0 aliphatic rings. The lowest BCUT2D eigenvalue weighted by Gasteiger charge is -2.05. The number of nitrogens with one attached hydrogen (secondary N) is 2. The molecular weight excluding hydrogens is 401 g/mol. The Hall–Kier alpha value is -2.77. The molecule has 1 aromatic heterocycles. The van der Waals surface area contributed by atoms with E-state index in [2.05, 4.69) is 15.6 Å². The number of benzene rings is 2. The molecule has 0 atom stereocenters. The molecule has 28 heavy (non-hydrogen) atoms. The lowest BCUT2D eigenvalue weighted by molar-refractivity contribution is -0.123. The van der Waals surface area contributed by atoms with Crippen LogP contribution in [0.1, 0.15) is 16.0 Å². The Balaban J connectivity index is 1.46. The van der Waals surface area contributed by atoms with Crippen LogP contribution in [-0.2, 0) is 22.4 Å². The molecule has 0 aliphatic heterocycles. The predicted octanol–water partition coefficient (Wildman–Crippen LogP) is 3.82. The highest BCUT2D eigenvalue weighted by atomic mass is 35.5. The molecule has 0 spiro atoms. The summed E-state index contributed by atoms with van der Waals surface area (Å²) in [5.41, 5.74) is 1.60. The second-order valence-electron chi connectivity index (χ2n) is 6.07. The van der Waals surface area contributed by atoms with Gasteiger partial charge in [0.05, 0.1) is 13.0 Å². The number of carbonyl (C=O) groups is 2. The van der Waals surface area contributed by atoms with E-state index in [1.54, 1.807) is 12.3 Å². The summed E-state index contributed by atoms with van der Waals surface area (Å²) in [6, 6.07) is 13.3. The number of rotatable bonds is 7. The van der Waals surface area contributed by atoms with Gasteiger partial charge in [0.1, 0.15) is 5.82 Å². The van der Waals surface area contributed by atoms with Crippen LogP contribution in [0.3, 0.4) is 0 Å². The van der Waals surface area contributed by atoms with E-state index in [-0.39, 0.29) is 24.8 Å². The number of aromatic nitrogens is 1. The molecule has 2 N–H and O–H groups in total. The molecule has 0 saturated carbocycles. The Bertz CT molecular complexity index is 993. The second kappa shape index (κ2) is 9.43. The third kappa shape index (κ3) is 6.14. The van der Waals surface area contributed by atoms with Crippen LogP contribution in [0, 0.1) is 5.82 Å². The first-order valence-electron chi connectivity index (χ1n) is 8.48. The predicted molar refractivity (Wildman–Crippen MR) is 108 cm³/mol. The number of thiazole rings is 1. The number of anilines is 1. The molecule has 3 rings (SSSR count). The van der Waals surface area contributed by atoms with Gasteiger partial charge in [-0.05, 0) is 35.4 Å². The van der Waals surface area contributed by atoms with Crippen molar-refractivity contribution in [3.63, 3.8) is 0 Å². The molecular formula is C20H17ClFN3O2S. The summed E-state index contributed by atoms with van der Waals surface area (Å²) in [4.78, 5) is 29.0. The van der Waals surface area contributed by atoms with Crippen LogP contribution in [0.5, 0.6) is 0 Å². The van der Waals surface area contributed by atoms with Crippen LogP contribution in [0.2, 0.25) is 5.02 Å². The van der Waals surface area contributed by atoms with Crippen molar-refractivity contribution in [2.24, 2.45) is 0 Å². The molecule has 0 radical (unpaired) electrons. The van der Waals surface area contributed by atoms with Crippen molar-refractivity contribution in [3.05, 3.63) is 81.6 Å². The quantitative estimate of drug-likeness (QED) is 0.613. The minimum atomic E-state index is -0.402. The summed E-state index contributed by atoms with van der Waals surface area (Å²) in [6.45, 7) is -0.183. The lowest BCUT2D eigenvalue weighted by atomic mass is 10.1. The van der Waals surface area contributed by atoms with Gasteiger partial charge >= 0.3 is 0 Å². The summed E-state index contributed by atoms with van der Waals surface area (Å²) < 4.78 is 13.1. The smallest absolute Gasteiger partial charge is 0.245 e. The number of amides is 2. The van der Waals surface area contributed by atoms with Crippen LogP contribution in [0.4, 0.5) is 9.52 Å². The van der Waals surface area contributed by atoms with Crippen LogP contribution in [-0.4, -0.2) is 23.3 Å². The Kier molecular flexibility index (Phi) is 6.73. The van der Waals surface area contributed by atoms with Gasteiger partial charge in [-0.2, -0.15) is 0 Å². The molecule has 0 saturated heterocycles. The molecule has 0 bridgehead atoms. The number of hydrogen-bond donors (Lipinski definition) is 2. The molecule has 2 amide bonds. The molecule has 0 fully saturated rings. The third-order valence-corrected chi connectivity index (χ3v) is 4.91. The van der Waals surface area contributed by atoms with Crippen LogP contribution in [0.25, 0.3) is 0 Å². The van der Waals surface area contributed by atoms with Gasteiger partial charge in [-0.1, -0.05) is 35.9 Å². The van der Waals surface area contributed by atoms with E-state index >= 15 is 0 Å². The Morgan fingerprint density at radius 2 is 1.86 bits per heavy atom. The first-order chi connectivity index (χ1) is 13.5. The molecule has 5 nitrogen and oxygen atoms in total. The highest BCUT2D eigenvalue weighted by Gasteiger charge is 2.10. The van der Waals surface area contributed by atoms with E-state index < -0.39 is 5.82 Å². The largest absolute Gasteiger partial charge is 0.347 e. The number of carbonyl (C=O) groups excluding carboxylic acids is 2. The maximum atomic E-state index is 13.1. The van der Waals surface area contributed by atoms with Crippen LogP contribution in [0.15, 0.2) is 54.7 Å². The first kappa shape index (κ1) is 20.0. The summed E-state index contributed by atoms with van der Waals surface area (Å²) >= 11 is 7.34. The highest BCUT2D eigenvalue weighted by molar-refractivity contribution is 7.15. The standard InChI is InChI=1S/C20H17ClFN3O2S/c21-15-5-1-3-13(7-15)9-17-11-24-20(28-17)25-19(27)12-23-18(26)10-14-4-2-6-16(22)8-14/h1-8,11H,9-10,12H2,(H,23,26)(H,24,25,27). The molecule has 2 aromatic carbocycles. The Morgan fingerprint density at radius 3 is 2.64 bits per heavy atom. The second-order valence-corrected chi connectivity index (χ2v) is 7.62. The molecule has 144 valence electrons. The van der Waals surface area contributed by atoms with Gasteiger partial charge < -0.3 is 10.6 Å². The fourth-order valence-corrected chi connectivity index (χ4v) is 3.61. The van der Waals surface area contributed by atoms with Gasteiger partial charge in [-0.3, -0.25) is 9.59 Å². The Morgan fingerprint density at radius 1 is 1.07 bits per heavy atom. The molecule has 1 heterocycles. The van der Waals surface area contributed by atoms with Crippen molar-refractivity contribution >= 4 is 39.9 Å². The minimum Gasteiger partial charge on any atom is -0.347 e. The molecule has 0 aliphatic carbocycles. The summed E-state index contributed by atoms with van der Waals surface area (Å²) in [5.74, 6) is -1.14. The lowest BCUT2D eigenvalue weighted by Crippen LogP contribution is -2.33. The number of nitrogens with zero attached hydrogens (tertiary/aromatic N) is 1. The van der Waals surface area contributed by atoms with Crippen LogP contribution < -0.4 is 10.6 Å². The molecule has 8 heteroatoms. The van der Waals surface area contributed by atoms with E-state index in [0.29, 0.717) is 22.1 Å². The van der Waals surface area contributed by atoms with Crippen molar-refractivity contribution in [1.29, 1.82) is 0 Å². The topological polar surface area (TPSA) is 71.1 Å². The van der Waals surface area contributed by atoms with Crippen molar-refractivity contribution < 1.29 is 14.0 Å². The van der Waals surface area contributed by atoms with Crippen molar-refractivity contribution in [3.8, 4) is 0 Å². The highest BCUT2D eigenvalue weighted by Crippen LogP contribution is 2.22. The van der Waals surface area contributed by atoms with Gasteiger partial charge in [0.25, 0.3) is 0 Å². The molecule has 0 unspecified atom stereocenters. The van der Waals surface area contributed by atoms with Crippen LogP contribution >= 0.6 is 22.9 Å². The van der Waals surface area contributed by atoms with Gasteiger partial charge in [-0.25, -0.2) is 9.37 Å².